The highest BCUT2D eigenvalue weighted by Crippen LogP contribution is 2.22. The van der Waals surface area contributed by atoms with Crippen molar-refractivity contribution in [1.29, 1.82) is 0 Å². The first kappa shape index (κ1) is 21.9. The SMILES string of the molecule is CC(C)(C)c1ccc(CNC(=S)NCc2cccc(/N=N/S(C)(=O)=O)n2)cc1. The van der Waals surface area contributed by atoms with Gasteiger partial charge in [0, 0.05) is 6.54 Å². The summed E-state index contributed by atoms with van der Waals surface area (Å²) in [6, 6.07) is 13.5. The molecule has 1 heterocycles. The summed E-state index contributed by atoms with van der Waals surface area (Å²) in [4.78, 5) is 4.22. The van der Waals surface area contributed by atoms with E-state index in [0.717, 1.165) is 11.8 Å². The lowest BCUT2D eigenvalue weighted by atomic mass is 9.87. The standard InChI is InChI=1S/C19H25N5O2S2/c1-19(2,3)15-10-8-14(9-11-15)12-20-18(27)21-13-16-6-5-7-17(22-16)23-24-28(4,25)26/h5-11H,12-13H2,1-4H3,(H2,20,21,27)/b24-23+. The van der Waals surface area contributed by atoms with Gasteiger partial charge in [0.1, 0.15) is 0 Å². The summed E-state index contributed by atoms with van der Waals surface area (Å²) >= 11 is 5.30. The average molecular weight is 420 g/mol. The summed E-state index contributed by atoms with van der Waals surface area (Å²) in [5.74, 6) is 0.225. The minimum Gasteiger partial charge on any atom is -0.359 e. The van der Waals surface area contributed by atoms with Crippen molar-refractivity contribution in [2.45, 2.75) is 39.3 Å². The molecule has 9 heteroatoms. The smallest absolute Gasteiger partial charge is 0.267 e. The molecule has 2 N–H and O–H groups in total. The van der Waals surface area contributed by atoms with Crippen LogP contribution < -0.4 is 10.6 Å². The number of nitrogens with one attached hydrogen (secondary N) is 2. The molecule has 0 aliphatic rings. The third-order valence-electron chi connectivity index (χ3n) is 3.79. The number of hydrogen-bond acceptors (Lipinski definition) is 5. The van der Waals surface area contributed by atoms with Crippen LogP contribution >= 0.6 is 12.2 Å². The van der Waals surface area contributed by atoms with Gasteiger partial charge in [-0.1, -0.05) is 55.6 Å². The zero-order chi connectivity index (χ0) is 20.8. The Labute approximate surface area is 171 Å². The van der Waals surface area contributed by atoms with Crippen molar-refractivity contribution in [1.82, 2.24) is 15.6 Å². The molecule has 28 heavy (non-hydrogen) atoms. The fourth-order valence-corrected chi connectivity index (χ4v) is 2.65. The molecular formula is C19H25N5O2S2. The van der Waals surface area contributed by atoms with Gasteiger partial charge in [-0.25, -0.2) is 13.4 Å². The van der Waals surface area contributed by atoms with E-state index in [1.165, 1.54) is 5.56 Å². The second-order valence-electron chi connectivity index (χ2n) is 7.38. The third kappa shape index (κ3) is 7.69. The maximum absolute atomic E-state index is 11.0. The highest BCUT2D eigenvalue weighted by atomic mass is 32.2. The Balaban J connectivity index is 1.85. The van der Waals surface area contributed by atoms with Crippen LogP contribution in [-0.2, 0) is 28.5 Å². The Morgan fingerprint density at radius 2 is 1.71 bits per heavy atom. The van der Waals surface area contributed by atoms with Gasteiger partial charge in [-0.15, -0.1) is 5.11 Å². The van der Waals surface area contributed by atoms with Crippen LogP contribution in [0.15, 0.2) is 52.1 Å². The van der Waals surface area contributed by atoms with Gasteiger partial charge in [0.15, 0.2) is 10.9 Å². The molecule has 150 valence electrons. The number of rotatable bonds is 6. The number of benzene rings is 1. The molecule has 0 spiro atoms. The van der Waals surface area contributed by atoms with Crippen molar-refractivity contribution in [3.8, 4) is 0 Å². The molecule has 0 aliphatic carbocycles. The van der Waals surface area contributed by atoms with Crippen LogP contribution in [0.4, 0.5) is 5.82 Å². The number of sulfonamides is 1. The van der Waals surface area contributed by atoms with Crippen LogP contribution in [0.25, 0.3) is 0 Å². The van der Waals surface area contributed by atoms with E-state index in [0.29, 0.717) is 23.9 Å². The molecule has 2 rings (SSSR count). The Morgan fingerprint density at radius 1 is 1.07 bits per heavy atom. The Kier molecular flexibility index (Phi) is 7.20. The maximum atomic E-state index is 11.0. The van der Waals surface area contributed by atoms with Crippen LogP contribution in [-0.4, -0.2) is 24.8 Å². The van der Waals surface area contributed by atoms with Gasteiger partial charge < -0.3 is 10.6 Å². The van der Waals surface area contributed by atoms with Gasteiger partial charge >= 0.3 is 0 Å². The molecule has 2 aromatic rings. The number of aromatic nitrogens is 1. The highest BCUT2D eigenvalue weighted by molar-refractivity contribution is 7.89. The molecule has 0 atom stereocenters. The second kappa shape index (κ2) is 9.20. The Bertz CT molecular complexity index is 949. The second-order valence-corrected chi connectivity index (χ2v) is 9.42. The third-order valence-corrected chi connectivity index (χ3v) is 4.45. The van der Waals surface area contributed by atoms with Gasteiger partial charge in [-0.3, -0.25) is 0 Å². The fraction of sp³-hybridized carbons (Fsp3) is 0.368. The van der Waals surface area contributed by atoms with Crippen LogP contribution in [0.2, 0.25) is 0 Å². The predicted molar refractivity (Wildman–Crippen MR) is 115 cm³/mol. The van der Waals surface area contributed by atoms with E-state index in [-0.39, 0.29) is 11.2 Å². The van der Waals surface area contributed by atoms with E-state index >= 15 is 0 Å². The number of hydrogen-bond donors (Lipinski definition) is 2. The van der Waals surface area contributed by atoms with Crippen molar-refractivity contribution < 1.29 is 8.42 Å². The van der Waals surface area contributed by atoms with E-state index in [4.69, 9.17) is 12.2 Å². The summed E-state index contributed by atoms with van der Waals surface area (Å²) in [5.41, 5.74) is 3.23. The minimum atomic E-state index is -3.53. The molecule has 0 bridgehead atoms. The molecule has 0 amide bonds. The quantitative estimate of drug-likeness (QED) is 0.549. The van der Waals surface area contributed by atoms with Crippen molar-refractivity contribution in [3.63, 3.8) is 0 Å². The van der Waals surface area contributed by atoms with E-state index in [1.807, 2.05) is 0 Å². The normalized spacial score (nSPS) is 12.1. The number of nitrogens with zero attached hydrogens (tertiary/aromatic N) is 3. The first-order valence-electron chi connectivity index (χ1n) is 8.73. The monoisotopic (exact) mass is 419 g/mol. The summed E-state index contributed by atoms with van der Waals surface area (Å²) in [5, 5.41) is 10.3. The molecule has 1 aromatic carbocycles. The van der Waals surface area contributed by atoms with Crippen LogP contribution in [0.1, 0.15) is 37.6 Å². The molecule has 7 nitrogen and oxygen atoms in total. The van der Waals surface area contributed by atoms with E-state index < -0.39 is 10.0 Å². The first-order valence-corrected chi connectivity index (χ1v) is 11.0. The molecule has 0 radical (unpaired) electrons. The lowest BCUT2D eigenvalue weighted by molar-refractivity contribution is 0.590. The first-order chi connectivity index (χ1) is 13.0. The Morgan fingerprint density at radius 3 is 2.32 bits per heavy atom. The van der Waals surface area contributed by atoms with Gasteiger partial charge in [0.2, 0.25) is 0 Å². The zero-order valence-corrected chi connectivity index (χ0v) is 18.1. The van der Waals surface area contributed by atoms with Gasteiger partial charge in [0.25, 0.3) is 10.0 Å². The topological polar surface area (TPSA) is 95.8 Å². The fourth-order valence-electron chi connectivity index (χ4n) is 2.28. The average Bonchev–Trinajstić information content (AvgIpc) is 2.62. The van der Waals surface area contributed by atoms with E-state index in [9.17, 15) is 8.42 Å². The predicted octanol–water partition coefficient (Wildman–Crippen LogP) is 3.59. The van der Waals surface area contributed by atoms with Crippen molar-refractivity contribution in [2.75, 3.05) is 6.26 Å². The number of pyridine rings is 1. The van der Waals surface area contributed by atoms with Crippen molar-refractivity contribution >= 4 is 33.2 Å². The summed E-state index contributed by atoms with van der Waals surface area (Å²) < 4.78 is 25.3. The molecule has 0 aliphatic heterocycles. The summed E-state index contributed by atoms with van der Waals surface area (Å²) in [7, 11) is -3.53. The number of thiocarbonyl (C=S) groups is 1. The van der Waals surface area contributed by atoms with Crippen LogP contribution in [0.3, 0.4) is 0 Å². The minimum absolute atomic E-state index is 0.130. The van der Waals surface area contributed by atoms with Crippen molar-refractivity contribution in [2.24, 2.45) is 9.63 Å². The van der Waals surface area contributed by atoms with Gasteiger partial charge in [-0.2, -0.15) is 0 Å². The summed E-state index contributed by atoms with van der Waals surface area (Å²) in [6.45, 7) is 7.56. The van der Waals surface area contributed by atoms with Crippen molar-refractivity contribution in [3.05, 3.63) is 59.3 Å². The molecule has 1 aromatic heterocycles. The van der Waals surface area contributed by atoms with Crippen LogP contribution in [0, 0.1) is 0 Å². The largest absolute Gasteiger partial charge is 0.359 e. The molecule has 0 unspecified atom stereocenters. The molecular weight excluding hydrogens is 394 g/mol. The molecule has 0 fully saturated rings. The summed E-state index contributed by atoms with van der Waals surface area (Å²) in [6.07, 6.45) is 0.975. The van der Waals surface area contributed by atoms with Gasteiger partial charge in [0.05, 0.1) is 18.5 Å². The van der Waals surface area contributed by atoms with E-state index in [1.54, 1.807) is 18.2 Å². The zero-order valence-electron chi connectivity index (χ0n) is 16.4. The van der Waals surface area contributed by atoms with Gasteiger partial charge in [-0.05, 0) is 40.9 Å². The Hall–Kier alpha value is -2.39. The lowest BCUT2D eigenvalue weighted by Gasteiger charge is -2.19. The molecule has 0 saturated heterocycles. The van der Waals surface area contributed by atoms with E-state index in [2.05, 4.69) is 70.3 Å². The molecule has 0 saturated carbocycles. The lowest BCUT2D eigenvalue weighted by Crippen LogP contribution is -2.34. The maximum Gasteiger partial charge on any atom is 0.267 e. The van der Waals surface area contributed by atoms with Crippen LogP contribution in [0.5, 0.6) is 0 Å². The highest BCUT2D eigenvalue weighted by Gasteiger charge is 2.12.